The van der Waals surface area contributed by atoms with Crippen LogP contribution in [0.2, 0.25) is 0 Å². The van der Waals surface area contributed by atoms with Crippen LogP contribution >= 0.6 is 0 Å². The highest BCUT2D eigenvalue weighted by atomic mass is 16.6. The van der Waals surface area contributed by atoms with Crippen molar-refractivity contribution in [3.05, 3.63) is 69.3 Å². The molecule has 3 aromatic heterocycles. The van der Waals surface area contributed by atoms with Crippen molar-refractivity contribution in [3.63, 3.8) is 0 Å². The van der Waals surface area contributed by atoms with Crippen LogP contribution in [0.4, 0.5) is 17.2 Å². The number of aromatic nitrogens is 4. The molecule has 9 heteroatoms. The Balaban J connectivity index is 1.89. The molecule has 0 aliphatic carbocycles. The molecule has 0 atom stereocenters. The van der Waals surface area contributed by atoms with E-state index in [-0.39, 0.29) is 5.82 Å². The first-order valence-corrected chi connectivity index (χ1v) is 6.99. The zero-order chi connectivity index (χ0) is 16.7. The van der Waals surface area contributed by atoms with Gasteiger partial charge in [-0.2, -0.15) is 5.10 Å². The average molecular weight is 322 g/mol. The van der Waals surface area contributed by atoms with Crippen LogP contribution in [0.3, 0.4) is 0 Å². The van der Waals surface area contributed by atoms with Crippen molar-refractivity contribution >= 4 is 33.7 Å². The van der Waals surface area contributed by atoms with Crippen molar-refractivity contribution in [3.8, 4) is 0 Å². The average Bonchev–Trinajstić information content (AvgIpc) is 3.02. The number of hydrogen-bond acceptors (Lipinski definition) is 6. The van der Waals surface area contributed by atoms with Crippen molar-refractivity contribution < 1.29 is 4.92 Å². The van der Waals surface area contributed by atoms with Crippen LogP contribution in [0.1, 0.15) is 0 Å². The van der Waals surface area contributed by atoms with Gasteiger partial charge in [0.2, 0.25) is 5.82 Å². The van der Waals surface area contributed by atoms with E-state index in [1.54, 1.807) is 42.6 Å². The first-order valence-electron chi connectivity index (χ1n) is 6.99. The zero-order valence-corrected chi connectivity index (χ0v) is 12.1. The quantitative estimate of drug-likeness (QED) is 0.441. The van der Waals surface area contributed by atoms with E-state index in [1.165, 1.54) is 6.20 Å². The Morgan fingerprint density at radius 3 is 2.96 bits per heavy atom. The van der Waals surface area contributed by atoms with Crippen LogP contribution in [0, 0.1) is 10.1 Å². The second-order valence-electron chi connectivity index (χ2n) is 5.10. The molecule has 0 bridgehead atoms. The largest absolute Gasteiger partial charge is 0.376 e. The Morgan fingerprint density at radius 2 is 2.12 bits per heavy atom. The number of anilines is 2. The third-order valence-corrected chi connectivity index (χ3v) is 3.60. The maximum absolute atomic E-state index is 12.4. The SMILES string of the molecule is O=c1c([N+](=O)[O-])c(Nc2ccc3[nH]ncc3c2)nc2ccccn12. The minimum absolute atomic E-state index is 0.0981. The molecule has 9 nitrogen and oxygen atoms in total. The van der Waals surface area contributed by atoms with Crippen molar-refractivity contribution in [2.24, 2.45) is 0 Å². The summed E-state index contributed by atoms with van der Waals surface area (Å²) in [5.74, 6) is -0.0981. The summed E-state index contributed by atoms with van der Waals surface area (Å²) >= 11 is 0. The predicted octanol–water partition coefficient (Wildman–Crippen LogP) is 2.22. The van der Waals surface area contributed by atoms with E-state index in [9.17, 15) is 14.9 Å². The number of hydrogen-bond donors (Lipinski definition) is 2. The summed E-state index contributed by atoms with van der Waals surface area (Å²) in [7, 11) is 0. The van der Waals surface area contributed by atoms with Crippen molar-refractivity contribution in [2.75, 3.05) is 5.32 Å². The highest BCUT2D eigenvalue weighted by molar-refractivity contribution is 5.83. The highest BCUT2D eigenvalue weighted by Crippen LogP contribution is 2.25. The van der Waals surface area contributed by atoms with Crippen LogP contribution in [0.5, 0.6) is 0 Å². The van der Waals surface area contributed by atoms with Gasteiger partial charge in [-0.15, -0.1) is 0 Å². The van der Waals surface area contributed by atoms with Crippen LogP contribution in [0.15, 0.2) is 53.6 Å². The summed E-state index contributed by atoms with van der Waals surface area (Å²) in [5.41, 5.74) is 0.379. The van der Waals surface area contributed by atoms with Gasteiger partial charge in [0.05, 0.1) is 16.6 Å². The summed E-state index contributed by atoms with van der Waals surface area (Å²) in [6.07, 6.45) is 3.08. The fourth-order valence-corrected chi connectivity index (χ4v) is 2.49. The van der Waals surface area contributed by atoms with Crippen LogP contribution in [-0.2, 0) is 0 Å². The first-order chi connectivity index (χ1) is 11.6. The van der Waals surface area contributed by atoms with Gasteiger partial charge in [0.15, 0.2) is 0 Å². The van der Waals surface area contributed by atoms with Gasteiger partial charge in [0, 0.05) is 17.3 Å². The molecule has 2 N–H and O–H groups in total. The second kappa shape index (κ2) is 5.16. The van der Waals surface area contributed by atoms with E-state index in [4.69, 9.17) is 0 Å². The molecule has 3 heterocycles. The van der Waals surface area contributed by atoms with Gasteiger partial charge in [-0.3, -0.25) is 24.4 Å². The van der Waals surface area contributed by atoms with Gasteiger partial charge >= 0.3 is 11.2 Å². The number of rotatable bonds is 3. The lowest BCUT2D eigenvalue weighted by Gasteiger charge is -2.08. The molecule has 0 radical (unpaired) electrons. The molecular weight excluding hydrogens is 312 g/mol. The van der Waals surface area contributed by atoms with Crippen molar-refractivity contribution in [1.82, 2.24) is 19.6 Å². The predicted molar refractivity (Wildman–Crippen MR) is 87.5 cm³/mol. The molecule has 1 aromatic carbocycles. The summed E-state index contributed by atoms with van der Waals surface area (Å²) in [5, 5.41) is 21.8. The topological polar surface area (TPSA) is 118 Å². The lowest BCUT2D eigenvalue weighted by Crippen LogP contribution is -2.20. The molecule has 4 aromatic rings. The zero-order valence-electron chi connectivity index (χ0n) is 12.1. The van der Waals surface area contributed by atoms with E-state index in [0.717, 1.165) is 15.3 Å². The number of fused-ring (bicyclic) bond motifs is 2. The van der Waals surface area contributed by atoms with Crippen LogP contribution in [-0.4, -0.2) is 24.5 Å². The smallest absolute Gasteiger partial charge is 0.334 e. The van der Waals surface area contributed by atoms with Gasteiger partial charge in [0.25, 0.3) is 0 Å². The lowest BCUT2D eigenvalue weighted by atomic mass is 10.2. The number of nitrogens with one attached hydrogen (secondary N) is 2. The molecule has 0 spiro atoms. The van der Waals surface area contributed by atoms with Crippen molar-refractivity contribution in [2.45, 2.75) is 0 Å². The van der Waals surface area contributed by atoms with E-state index in [2.05, 4.69) is 20.5 Å². The van der Waals surface area contributed by atoms with Gasteiger partial charge < -0.3 is 5.32 Å². The van der Waals surface area contributed by atoms with E-state index >= 15 is 0 Å². The molecule has 0 fully saturated rings. The van der Waals surface area contributed by atoms with Crippen LogP contribution in [0.25, 0.3) is 16.6 Å². The maximum Gasteiger partial charge on any atom is 0.376 e. The van der Waals surface area contributed by atoms with Gasteiger partial charge in [-0.1, -0.05) is 6.07 Å². The monoisotopic (exact) mass is 322 g/mol. The molecule has 118 valence electrons. The van der Waals surface area contributed by atoms with Gasteiger partial charge in [-0.05, 0) is 30.3 Å². The Morgan fingerprint density at radius 1 is 1.25 bits per heavy atom. The fourth-order valence-electron chi connectivity index (χ4n) is 2.49. The molecule has 0 aliphatic rings. The molecule has 0 aliphatic heterocycles. The maximum atomic E-state index is 12.4. The number of aromatic amines is 1. The molecule has 4 rings (SSSR count). The lowest BCUT2D eigenvalue weighted by molar-refractivity contribution is -0.385. The van der Waals surface area contributed by atoms with Gasteiger partial charge in [0.1, 0.15) is 5.65 Å². The number of benzene rings is 1. The summed E-state index contributed by atoms with van der Waals surface area (Å²) in [6, 6.07) is 10.2. The number of H-pyrrole nitrogens is 1. The summed E-state index contributed by atoms with van der Waals surface area (Å²) in [4.78, 5) is 27.2. The molecule has 0 saturated heterocycles. The Bertz CT molecular complexity index is 1150. The van der Waals surface area contributed by atoms with Crippen molar-refractivity contribution in [1.29, 1.82) is 0 Å². The third-order valence-electron chi connectivity index (χ3n) is 3.60. The number of nitrogens with zero attached hydrogens (tertiary/aromatic N) is 4. The molecule has 0 amide bonds. The second-order valence-corrected chi connectivity index (χ2v) is 5.10. The number of nitro groups is 1. The van der Waals surface area contributed by atoms with Crippen LogP contribution < -0.4 is 10.9 Å². The highest BCUT2D eigenvalue weighted by Gasteiger charge is 2.23. The number of pyridine rings is 1. The Hall–Kier alpha value is -3.75. The summed E-state index contributed by atoms with van der Waals surface area (Å²) in [6.45, 7) is 0. The summed E-state index contributed by atoms with van der Waals surface area (Å²) < 4.78 is 1.14. The minimum atomic E-state index is -0.738. The first kappa shape index (κ1) is 13.9. The standard InChI is InChI=1S/C15H10N6O3/c22-15-13(21(23)24)14(18-12-3-1-2-6-20(12)15)17-10-4-5-11-9(7-10)8-16-19-11/h1-8,17H,(H,16,19). The Kier molecular flexibility index (Phi) is 2.98. The molecular formula is C15H10N6O3. The third kappa shape index (κ3) is 2.15. The normalized spacial score (nSPS) is 11.0. The van der Waals surface area contributed by atoms with E-state index in [0.29, 0.717) is 11.3 Å². The van der Waals surface area contributed by atoms with Gasteiger partial charge in [-0.25, -0.2) is 4.98 Å². The molecule has 0 saturated carbocycles. The van der Waals surface area contributed by atoms with E-state index < -0.39 is 16.2 Å². The minimum Gasteiger partial charge on any atom is -0.334 e. The fraction of sp³-hybridized carbons (Fsp3) is 0. The Labute approximate surface area is 133 Å². The van der Waals surface area contributed by atoms with E-state index in [1.807, 2.05) is 0 Å². The molecule has 24 heavy (non-hydrogen) atoms. The molecule has 0 unspecified atom stereocenters.